The molecule has 2 aromatic heterocycles. The molecular weight excluding hydrogens is 396 g/mol. The van der Waals surface area contributed by atoms with E-state index >= 15 is 0 Å². The normalized spacial score (nSPS) is 20.6. The summed E-state index contributed by atoms with van der Waals surface area (Å²) in [5, 5.41) is 9.19. The number of imidazole rings is 1. The zero-order chi connectivity index (χ0) is 21.4. The van der Waals surface area contributed by atoms with Crippen LogP contribution < -0.4 is 4.90 Å². The minimum absolute atomic E-state index is 0.0344. The Balaban J connectivity index is 1.18. The first-order valence-corrected chi connectivity index (χ1v) is 11.0. The second kappa shape index (κ2) is 7.86. The van der Waals surface area contributed by atoms with E-state index in [1.165, 1.54) is 10.6 Å². The topological polar surface area (TPSA) is 94.8 Å². The molecule has 1 spiro atoms. The molecule has 1 N–H and O–H groups in total. The zero-order valence-electron chi connectivity index (χ0n) is 17.6. The number of hydrogen-bond acceptors (Lipinski definition) is 5. The number of carbonyl (C=O) groups excluding carboxylic acids is 1. The number of piperidine rings is 2. The van der Waals surface area contributed by atoms with E-state index < -0.39 is 6.09 Å². The maximum atomic E-state index is 13.0. The molecule has 0 unspecified atom stereocenters. The molecule has 0 aliphatic carbocycles. The van der Waals surface area contributed by atoms with E-state index in [9.17, 15) is 14.7 Å². The van der Waals surface area contributed by atoms with Crippen molar-refractivity contribution in [1.82, 2.24) is 24.3 Å². The van der Waals surface area contributed by atoms with Crippen molar-refractivity contribution in [3.05, 3.63) is 42.2 Å². The summed E-state index contributed by atoms with van der Waals surface area (Å²) in [5.74, 6) is 0.613. The molecule has 9 nitrogen and oxygen atoms in total. The van der Waals surface area contributed by atoms with Crippen molar-refractivity contribution in [3.63, 3.8) is 0 Å². The molecule has 0 saturated carbocycles. The van der Waals surface area contributed by atoms with Gasteiger partial charge >= 0.3 is 6.09 Å². The molecule has 5 heterocycles. The Labute approximate surface area is 181 Å². The molecule has 0 aromatic carbocycles. The molecule has 2 aromatic rings. The molecule has 3 aliphatic rings. The SMILES string of the molecule is O=C(O)N1CCn2cc(C(=O)N3CCC4(CC3)CCN(c3ccncc3)CC4)nc2C1. The van der Waals surface area contributed by atoms with Gasteiger partial charge in [0.15, 0.2) is 0 Å². The highest BCUT2D eigenvalue weighted by molar-refractivity contribution is 5.92. The van der Waals surface area contributed by atoms with Crippen molar-refractivity contribution in [2.75, 3.05) is 37.6 Å². The van der Waals surface area contributed by atoms with Crippen LogP contribution in [0.5, 0.6) is 0 Å². The highest BCUT2D eigenvalue weighted by Gasteiger charge is 2.39. The molecule has 0 radical (unpaired) electrons. The third-order valence-corrected chi connectivity index (χ3v) is 7.26. The fourth-order valence-corrected chi connectivity index (χ4v) is 5.16. The zero-order valence-corrected chi connectivity index (χ0v) is 17.6. The van der Waals surface area contributed by atoms with Crippen LogP contribution in [-0.2, 0) is 13.1 Å². The predicted octanol–water partition coefficient (Wildman–Crippen LogP) is 2.29. The maximum absolute atomic E-state index is 13.0. The van der Waals surface area contributed by atoms with Crippen LogP contribution in [0, 0.1) is 5.41 Å². The molecule has 3 aliphatic heterocycles. The average Bonchev–Trinajstić information content (AvgIpc) is 3.24. The highest BCUT2D eigenvalue weighted by atomic mass is 16.4. The molecule has 164 valence electrons. The van der Waals surface area contributed by atoms with Gasteiger partial charge in [0.05, 0.1) is 6.54 Å². The van der Waals surface area contributed by atoms with Gasteiger partial charge in [-0.25, -0.2) is 9.78 Å². The van der Waals surface area contributed by atoms with E-state index in [4.69, 9.17) is 0 Å². The Hall–Kier alpha value is -3.10. The lowest BCUT2D eigenvalue weighted by atomic mass is 9.71. The Morgan fingerprint density at radius 2 is 1.58 bits per heavy atom. The summed E-state index contributed by atoms with van der Waals surface area (Å²) in [6.45, 7) is 4.82. The third-order valence-electron chi connectivity index (χ3n) is 7.26. The van der Waals surface area contributed by atoms with Crippen molar-refractivity contribution < 1.29 is 14.7 Å². The first kappa shape index (κ1) is 19.8. The van der Waals surface area contributed by atoms with Crippen LogP contribution in [0.4, 0.5) is 10.5 Å². The van der Waals surface area contributed by atoms with E-state index in [1.807, 2.05) is 21.9 Å². The number of likely N-dealkylation sites (tertiary alicyclic amines) is 1. The van der Waals surface area contributed by atoms with Gasteiger partial charge in [-0.1, -0.05) is 0 Å². The average molecular weight is 425 g/mol. The van der Waals surface area contributed by atoms with E-state index in [1.54, 1.807) is 6.20 Å². The van der Waals surface area contributed by atoms with Gasteiger partial charge in [0.1, 0.15) is 11.5 Å². The van der Waals surface area contributed by atoms with Gasteiger partial charge in [-0.3, -0.25) is 14.7 Å². The molecule has 2 fully saturated rings. The van der Waals surface area contributed by atoms with Crippen LogP contribution in [0.2, 0.25) is 0 Å². The number of nitrogens with zero attached hydrogens (tertiary/aromatic N) is 6. The molecule has 31 heavy (non-hydrogen) atoms. The first-order chi connectivity index (χ1) is 15.0. The summed E-state index contributed by atoms with van der Waals surface area (Å²) >= 11 is 0. The van der Waals surface area contributed by atoms with E-state index in [0.29, 0.717) is 30.0 Å². The molecule has 2 amide bonds. The summed E-state index contributed by atoms with van der Waals surface area (Å²) in [6.07, 6.45) is 8.90. The smallest absolute Gasteiger partial charge is 0.407 e. The summed E-state index contributed by atoms with van der Waals surface area (Å²) in [5.41, 5.74) is 2.00. The quantitative estimate of drug-likeness (QED) is 0.795. The number of anilines is 1. The minimum atomic E-state index is -0.946. The van der Waals surface area contributed by atoms with Crippen LogP contribution in [0.25, 0.3) is 0 Å². The lowest BCUT2D eigenvalue weighted by molar-refractivity contribution is 0.0510. The van der Waals surface area contributed by atoms with Crippen LogP contribution in [0.15, 0.2) is 30.7 Å². The van der Waals surface area contributed by atoms with Gasteiger partial charge in [-0.15, -0.1) is 0 Å². The number of aromatic nitrogens is 3. The first-order valence-electron chi connectivity index (χ1n) is 11.0. The number of hydrogen-bond donors (Lipinski definition) is 1. The van der Waals surface area contributed by atoms with Crippen molar-refractivity contribution in [1.29, 1.82) is 0 Å². The van der Waals surface area contributed by atoms with E-state index in [0.717, 1.165) is 51.9 Å². The van der Waals surface area contributed by atoms with Crippen LogP contribution in [-0.4, -0.2) is 74.2 Å². The van der Waals surface area contributed by atoms with Crippen molar-refractivity contribution in [2.24, 2.45) is 5.41 Å². The molecule has 9 heteroatoms. The van der Waals surface area contributed by atoms with Gasteiger partial charge in [0, 0.05) is 63.5 Å². The molecule has 2 saturated heterocycles. The fourth-order valence-electron chi connectivity index (χ4n) is 5.16. The summed E-state index contributed by atoms with van der Waals surface area (Å²) in [6, 6.07) is 4.14. The summed E-state index contributed by atoms with van der Waals surface area (Å²) in [4.78, 5) is 38.5. The Bertz CT molecular complexity index is 957. The molecule has 0 atom stereocenters. The maximum Gasteiger partial charge on any atom is 0.407 e. The standard InChI is InChI=1S/C22H28N6O3/c29-20(18-15-27-13-14-28(21(30)31)16-19(27)24-18)26-11-5-22(6-12-26)3-9-25(10-4-22)17-1-7-23-8-2-17/h1-2,7-8,15H,3-6,9-14,16H2,(H,30,31). The summed E-state index contributed by atoms with van der Waals surface area (Å²) < 4.78 is 1.91. The summed E-state index contributed by atoms with van der Waals surface area (Å²) in [7, 11) is 0. The largest absolute Gasteiger partial charge is 0.465 e. The fraction of sp³-hybridized carbons (Fsp3) is 0.545. The second-order valence-corrected chi connectivity index (χ2v) is 8.92. The number of carbonyl (C=O) groups is 2. The predicted molar refractivity (Wildman–Crippen MR) is 114 cm³/mol. The lowest BCUT2D eigenvalue weighted by Crippen LogP contribution is -2.48. The van der Waals surface area contributed by atoms with Gasteiger partial charge in [0.2, 0.25) is 0 Å². The van der Waals surface area contributed by atoms with Gasteiger partial charge < -0.3 is 19.5 Å². The Kier molecular flexibility index (Phi) is 5.03. The van der Waals surface area contributed by atoms with Crippen LogP contribution in [0.3, 0.4) is 0 Å². The van der Waals surface area contributed by atoms with Gasteiger partial charge in [0.25, 0.3) is 5.91 Å². The molecule has 5 rings (SSSR count). The minimum Gasteiger partial charge on any atom is -0.465 e. The van der Waals surface area contributed by atoms with Crippen molar-refractivity contribution >= 4 is 17.7 Å². The van der Waals surface area contributed by atoms with Crippen molar-refractivity contribution in [2.45, 2.75) is 38.8 Å². The number of rotatable bonds is 2. The van der Waals surface area contributed by atoms with E-state index in [2.05, 4.69) is 27.0 Å². The lowest BCUT2D eigenvalue weighted by Gasteiger charge is -2.47. The van der Waals surface area contributed by atoms with Crippen LogP contribution in [0.1, 0.15) is 42.0 Å². The number of amides is 2. The Morgan fingerprint density at radius 1 is 0.903 bits per heavy atom. The monoisotopic (exact) mass is 424 g/mol. The van der Waals surface area contributed by atoms with Crippen LogP contribution >= 0.6 is 0 Å². The second-order valence-electron chi connectivity index (χ2n) is 8.92. The van der Waals surface area contributed by atoms with E-state index in [-0.39, 0.29) is 12.5 Å². The number of carboxylic acid groups (broad SMARTS) is 1. The number of fused-ring (bicyclic) bond motifs is 1. The Morgan fingerprint density at radius 3 is 2.26 bits per heavy atom. The molecule has 0 bridgehead atoms. The molecular formula is C22H28N6O3. The van der Waals surface area contributed by atoms with Crippen molar-refractivity contribution in [3.8, 4) is 0 Å². The third kappa shape index (κ3) is 3.84. The number of pyridine rings is 1. The highest BCUT2D eigenvalue weighted by Crippen LogP contribution is 2.42. The van der Waals surface area contributed by atoms with Gasteiger partial charge in [-0.05, 0) is 43.2 Å². The van der Waals surface area contributed by atoms with Gasteiger partial charge in [-0.2, -0.15) is 0 Å².